The van der Waals surface area contributed by atoms with E-state index in [-0.39, 0.29) is 17.6 Å². The van der Waals surface area contributed by atoms with Gasteiger partial charge in [-0.3, -0.25) is 0 Å². The van der Waals surface area contributed by atoms with Gasteiger partial charge in [0.2, 0.25) is 0 Å². The first-order valence-electron chi connectivity index (χ1n) is 7.61. The van der Waals surface area contributed by atoms with Crippen molar-refractivity contribution < 1.29 is 9.90 Å². The summed E-state index contributed by atoms with van der Waals surface area (Å²) in [5.41, 5.74) is 0.347. The number of rotatable bonds is 6. The lowest BCUT2D eigenvalue weighted by Gasteiger charge is -2.28. The second-order valence-corrected chi connectivity index (χ2v) is 8.51. The Morgan fingerprint density at radius 3 is 2.36 bits per heavy atom. The number of nitrogens with one attached hydrogen (secondary N) is 2. The molecule has 22 heavy (non-hydrogen) atoms. The molecular formula is C16H29N3O2S. The van der Waals surface area contributed by atoms with Gasteiger partial charge in [-0.15, -0.1) is 11.3 Å². The summed E-state index contributed by atoms with van der Waals surface area (Å²) in [6.07, 6.45) is 0.263. The van der Waals surface area contributed by atoms with Crippen molar-refractivity contribution in [2.75, 3.05) is 6.54 Å². The standard InChI is InChI=1S/C16H29N3O2S/c1-10(20)8-15(4,5)9-17-14(21)19-16(6,7)13-18-11(2)12(3)22-13/h10,20H,8-9H2,1-7H3,(H2,17,19,21). The van der Waals surface area contributed by atoms with Gasteiger partial charge in [0.25, 0.3) is 0 Å². The molecule has 6 heteroatoms. The molecule has 0 saturated carbocycles. The van der Waals surface area contributed by atoms with Crippen LogP contribution in [0.2, 0.25) is 0 Å². The van der Waals surface area contributed by atoms with Crippen LogP contribution in [0.4, 0.5) is 4.79 Å². The second-order valence-electron chi connectivity index (χ2n) is 7.31. The molecule has 0 aliphatic heterocycles. The largest absolute Gasteiger partial charge is 0.393 e. The Kier molecular flexibility index (Phi) is 5.98. The fourth-order valence-corrected chi connectivity index (χ4v) is 3.29. The highest BCUT2D eigenvalue weighted by atomic mass is 32.1. The van der Waals surface area contributed by atoms with Gasteiger partial charge in [-0.2, -0.15) is 0 Å². The highest BCUT2D eigenvalue weighted by Gasteiger charge is 2.28. The molecule has 0 spiro atoms. The van der Waals surface area contributed by atoms with Crippen molar-refractivity contribution >= 4 is 17.4 Å². The summed E-state index contributed by atoms with van der Waals surface area (Å²) in [5, 5.41) is 16.3. The molecule has 1 aromatic rings. The number of carbonyl (C=O) groups is 1. The van der Waals surface area contributed by atoms with Crippen LogP contribution in [0, 0.1) is 19.3 Å². The molecule has 0 aliphatic rings. The third kappa shape index (κ3) is 5.57. The predicted octanol–water partition coefficient (Wildman–Crippen LogP) is 3.09. The highest BCUT2D eigenvalue weighted by molar-refractivity contribution is 7.11. The molecule has 0 fully saturated rings. The number of carbonyl (C=O) groups excluding carboxylic acids is 1. The van der Waals surface area contributed by atoms with Crippen molar-refractivity contribution in [2.45, 2.75) is 66.5 Å². The van der Waals surface area contributed by atoms with Crippen molar-refractivity contribution in [1.29, 1.82) is 0 Å². The SMILES string of the molecule is Cc1nc(C(C)(C)NC(=O)NCC(C)(C)CC(C)O)sc1C. The van der Waals surface area contributed by atoms with E-state index >= 15 is 0 Å². The van der Waals surface area contributed by atoms with Crippen molar-refractivity contribution in [3.8, 4) is 0 Å². The van der Waals surface area contributed by atoms with Crippen molar-refractivity contribution in [1.82, 2.24) is 15.6 Å². The molecule has 5 nitrogen and oxygen atoms in total. The van der Waals surface area contributed by atoms with E-state index in [4.69, 9.17) is 0 Å². The van der Waals surface area contributed by atoms with Crippen LogP contribution in [0.5, 0.6) is 0 Å². The van der Waals surface area contributed by atoms with Gasteiger partial charge in [0.05, 0.1) is 17.3 Å². The Morgan fingerprint density at radius 1 is 1.32 bits per heavy atom. The number of hydrogen-bond donors (Lipinski definition) is 3. The molecule has 0 saturated heterocycles. The number of amides is 2. The summed E-state index contributed by atoms with van der Waals surface area (Å²) in [4.78, 5) is 17.8. The van der Waals surface area contributed by atoms with E-state index in [1.54, 1.807) is 18.3 Å². The third-order valence-electron chi connectivity index (χ3n) is 3.56. The van der Waals surface area contributed by atoms with E-state index in [1.165, 1.54) is 4.88 Å². The number of aliphatic hydroxyl groups is 1. The molecular weight excluding hydrogens is 298 g/mol. The molecule has 0 bridgehead atoms. The quantitative estimate of drug-likeness (QED) is 0.751. The first-order valence-corrected chi connectivity index (χ1v) is 8.43. The Hall–Kier alpha value is -1.14. The Bertz CT molecular complexity index is 502. The molecule has 0 aromatic carbocycles. The number of urea groups is 1. The van der Waals surface area contributed by atoms with Gasteiger partial charge in [0.15, 0.2) is 0 Å². The fourth-order valence-electron chi connectivity index (χ4n) is 2.31. The molecule has 1 rings (SSSR count). The van der Waals surface area contributed by atoms with Crippen LogP contribution in [-0.4, -0.2) is 28.8 Å². The van der Waals surface area contributed by atoms with E-state index in [0.29, 0.717) is 13.0 Å². The average Bonchev–Trinajstić information content (AvgIpc) is 2.66. The molecule has 1 unspecified atom stereocenters. The van der Waals surface area contributed by atoms with Gasteiger partial charge < -0.3 is 15.7 Å². The third-order valence-corrected chi connectivity index (χ3v) is 4.96. The number of aliphatic hydroxyl groups excluding tert-OH is 1. The van der Waals surface area contributed by atoms with Gasteiger partial charge in [-0.1, -0.05) is 13.8 Å². The minimum atomic E-state index is -0.512. The zero-order valence-corrected chi connectivity index (χ0v) is 15.5. The summed E-state index contributed by atoms with van der Waals surface area (Å²) in [6, 6.07) is -0.214. The Labute approximate surface area is 137 Å². The van der Waals surface area contributed by atoms with E-state index in [2.05, 4.69) is 15.6 Å². The van der Waals surface area contributed by atoms with Crippen LogP contribution in [0.15, 0.2) is 0 Å². The fraction of sp³-hybridized carbons (Fsp3) is 0.750. The molecule has 0 aliphatic carbocycles. The molecule has 126 valence electrons. The maximum Gasteiger partial charge on any atom is 0.315 e. The van der Waals surface area contributed by atoms with Gasteiger partial charge in [0, 0.05) is 11.4 Å². The smallest absolute Gasteiger partial charge is 0.315 e. The number of aromatic nitrogens is 1. The van der Waals surface area contributed by atoms with Gasteiger partial charge in [-0.05, 0) is 46.5 Å². The minimum absolute atomic E-state index is 0.149. The summed E-state index contributed by atoms with van der Waals surface area (Å²) in [5.74, 6) is 0. The lowest BCUT2D eigenvalue weighted by Crippen LogP contribution is -2.48. The molecule has 1 aromatic heterocycles. The Morgan fingerprint density at radius 2 is 1.91 bits per heavy atom. The normalized spacial score (nSPS) is 13.8. The van der Waals surface area contributed by atoms with Crippen LogP contribution in [-0.2, 0) is 5.54 Å². The van der Waals surface area contributed by atoms with Crippen LogP contribution in [0.1, 0.15) is 56.6 Å². The molecule has 0 radical (unpaired) electrons. The monoisotopic (exact) mass is 327 g/mol. The molecule has 1 heterocycles. The second kappa shape index (κ2) is 6.96. The van der Waals surface area contributed by atoms with Gasteiger partial charge in [0.1, 0.15) is 5.01 Å². The number of hydrogen-bond acceptors (Lipinski definition) is 4. The van der Waals surface area contributed by atoms with Gasteiger partial charge >= 0.3 is 6.03 Å². The van der Waals surface area contributed by atoms with Crippen LogP contribution < -0.4 is 10.6 Å². The predicted molar refractivity (Wildman–Crippen MR) is 91.2 cm³/mol. The molecule has 3 N–H and O–H groups in total. The van der Waals surface area contributed by atoms with Crippen LogP contribution >= 0.6 is 11.3 Å². The lowest BCUT2D eigenvalue weighted by molar-refractivity contribution is 0.128. The lowest BCUT2D eigenvalue weighted by atomic mass is 9.87. The van der Waals surface area contributed by atoms with E-state index < -0.39 is 5.54 Å². The molecule has 2 amide bonds. The van der Waals surface area contributed by atoms with E-state index in [1.807, 2.05) is 41.5 Å². The van der Waals surface area contributed by atoms with Crippen molar-refractivity contribution in [3.05, 3.63) is 15.6 Å². The number of thiazole rings is 1. The zero-order chi connectivity index (χ0) is 17.1. The maximum absolute atomic E-state index is 12.1. The zero-order valence-electron chi connectivity index (χ0n) is 14.7. The van der Waals surface area contributed by atoms with Crippen LogP contribution in [0.3, 0.4) is 0 Å². The van der Waals surface area contributed by atoms with Crippen LogP contribution in [0.25, 0.3) is 0 Å². The van der Waals surface area contributed by atoms with Crippen molar-refractivity contribution in [3.63, 3.8) is 0 Å². The van der Waals surface area contributed by atoms with Gasteiger partial charge in [-0.25, -0.2) is 9.78 Å². The maximum atomic E-state index is 12.1. The summed E-state index contributed by atoms with van der Waals surface area (Å²) in [6.45, 7) is 14.2. The summed E-state index contributed by atoms with van der Waals surface area (Å²) < 4.78 is 0. The molecule has 1 atom stereocenters. The number of nitrogens with zero attached hydrogens (tertiary/aromatic N) is 1. The van der Waals surface area contributed by atoms with Crippen molar-refractivity contribution in [2.24, 2.45) is 5.41 Å². The average molecular weight is 327 g/mol. The Balaban J connectivity index is 2.60. The van der Waals surface area contributed by atoms with E-state index in [9.17, 15) is 9.90 Å². The summed E-state index contributed by atoms with van der Waals surface area (Å²) >= 11 is 1.61. The first kappa shape index (κ1) is 18.9. The highest BCUT2D eigenvalue weighted by Crippen LogP contribution is 2.27. The van der Waals surface area contributed by atoms with E-state index in [0.717, 1.165) is 10.7 Å². The summed E-state index contributed by atoms with van der Waals surface area (Å²) in [7, 11) is 0. The first-order chi connectivity index (χ1) is 9.93. The topological polar surface area (TPSA) is 74.2 Å². The minimum Gasteiger partial charge on any atom is -0.393 e. The number of aryl methyl sites for hydroxylation is 2.